The topological polar surface area (TPSA) is 58.6 Å². The van der Waals surface area contributed by atoms with Crippen LogP contribution in [0.4, 0.5) is 10.5 Å². The van der Waals surface area contributed by atoms with E-state index in [1.165, 1.54) is 0 Å². The van der Waals surface area contributed by atoms with Crippen molar-refractivity contribution in [2.24, 2.45) is 0 Å². The number of carbonyl (C=O) groups is 1. The second-order valence-electron chi connectivity index (χ2n) is 5.83. The van der Waals surface area contributed by atoms with Crippen LogP contribution < -0.4 is 10.1 Å². The number of ether oxygens (including phenoxy) is 1. The van der Waals surface area contributed by atoms with E-state index in [1.807, 2.05) is 55.5 Å². The van der Waals surface area contributed by atoms with Crippen LogP contribution in [0.25, 0.3) is 0 Å². The zero-order valence-corrected chi connectivity index (χ0v) is 13.9. The summed E-state index contributed by atoms with van der Waals surface area (Å²) in [6.07, 6.45) is 0.114. The number of nitrogens with one attached hydrogen (secondary N) is 1. The van der Waals surface area contributed by atoms with Gasteiger partial charge in [-0.15, -0.1) is 0 Å². The Labute approximate surface area is 146 Å². The molecule has 0 heterocycles. The predicted molar refractivity (Wildman–Crippen MR) is 98.2 cm³/mol. The lowest BCUT2D eigenvalue weighted by atomic mass is 10.0. The van der Waals surface area contributed by atoms with Crippen LogP contribution in [0.3, 0.4) is 0 Å². The van der Waals surface area contributed by atoms with Gasteiger partial charge in [0.15, 0.2) is 0 Å². The average Bonchev–Trinajstić information content (AvgIpc) is 2.61. The minimum Gasteiger partial charge on any atom is -0.508 e. The summed E-state index contributed by atoms with van der Waals surface area (Å²) in [6, 6.07) is 21.9. The number of aryl methyl sites for hydroxylation is 1. The van der Waals surface area contributed by atoms with Gasteiger partial charge in [-0.3, -0.25) is 5.32 Å². The van der Waals surface area contributed by atoms with Gasteiger partial charge in [0.05, 0.1) is 0 Å². The van der Waals surface area contributed by atoms with Crippen LogP contribution >= 0.6 is 0 Å². The Morgan fingerprint density at radius 3 is 2.36 bits per heavy atom. The molecule has 4 heteroatoms. The lowest BCUT2D eigenvalue weighted by Crippen LogP contribution is -2.17. The molecular weight excluding hydrogens is 314 g/mol. The van der Waals surface area contributed by atoms with Gasteiger partial charge in [0.1, 0.15) is 11.5 Å². The number of phenolic OH excluding ortho intramolecular Hbond substituents is 1. The quantitative estimate of drug-likeness (QED) is 0.714. The molecule has 3 rings (SSSR count). The number of para-hydroxylation sites is 1. The molecule has 126 valence electrons. The molecular formula is C21H19NO3. The van der Waals surface area contributed by atoms with Crippen LogP contribution in [-0.4, -0.2) is 11.2 Å². The number of aromatic hydroxyl groups is 1. The van der Waals surface area contributed by atoms with Crippen molar-refractivity contribution >= 4 is 11.8 Å². The highest BCUT2D eigenvalue weighted by molar-refractivity contribution is 5.87. The van der Waals surface area contributed by atoms with E-state index in [-0.39, 0.29) is 5.75 Å². The maximum Gasteiger partial charge on any atom is 0.417 e. The minimum atomic E-state index is -0.526. The lowest BCUT2D eigenvalue weighted by Gasteiger charge is -2.11. The number of phenols is 1. The summed E-state index contributed by atoms with van der Waals surface area (Å²) in [5, 5.41) is 12.2. The highest BCUT2D eigenvalue weighted by atomic mass is 16.6. The number of benzene rings is 3. The van der Waals surface area contributed by atoms with Crippen molar-refractivity contribution in [1.82, 2.24) is 0 Å². The molecule has 0 spiro atoms. The van der Waals surface area contributed by atoms with Crippen molar-refractivity contribution in [2.75, 3.05) is 5.32 Å². The number of amides is 1. The van der Waals surface area contributed by atoms with Gasteiger partial charge >= 0.3 is 6.09 Å². The Hall–Kier alpha value is -3.27. The van der Waals surface area contributed by atoms with Crippen LogP contribution in [0.15, 0.2) is 72.8 Å². The summed E-state index contributed by atoms with van der Waals surface area (Å²) in [5.74, 6) is 0.732. The molecule has 0 fully saturated rings. The first-order valence-electron chi connectivity index (χ1n) is 8.01. The Bertz CT molecular complexity index is 855. The number of anilines is 1. The molecule has 3 aromatic carbocycles. The van der Waals surface area contributed by atoms with Crippen LogP contribution in [0.1, 0.15) is 16.7 Å². The maximum atomic E-state index is 12.1. The van der Waals surface area contributed by atoms with Gasteiger partial charge in [-0.25, -0.2) is 4.79 Å². The number of carbonyl (C=O) groups excluding carboxylic acids is 1. The van der Waals surface area contributed by atoms with E-state index in [1.54, 1.807) is 24.3 Å². The van der Waals surface area contributed by atoms with E-state index in [0.717, 1.165) is 16.7 Å². The second-order valence-corrected chi connectivity index (χ2v) is 5.83. The van der Waals surface area contributed by atoms with Crippen molar-refractivity contribution in [2.45, 2.75) is 13.3 Å². The first kappa shape index (κ1) is 16.6. The van der Waals surface area contributed by atoms with Gasteiger partial charge in [0.25, 0.3) is 0 Å². The summed E-state index contributed by atoms with van der Waals surface area (Å²) < 4.78 is 5.31. The highest BCUT2D eigenvalue weighted by Gasteiger charge is 2.09. The van der Waals surface area contributed by atoms with Gasteiger partial charge in [-0.2, -0.15) is 0 Å². The molecule has 0 unspecified atom stereocenters. The van der Waals surface area contributed by atoms with Crippen molar-refractivity contribution in [3.63, 3.8) is 0 Å². The average molecular weight is 333 g/mol. The molecule has 0 atom stereocenters. The summed E-state index contributed by atoms with van der Waals surface area (Å²) in [5.41, 5.74) is 3.81. The second kappa shape index (κ2) is 7.53. The largest absolute Gasteiger partial charge is 0.508 e. The molecule has 0 aliphatic heterocycles. The Morgan fingerprint density at radius 1 is 0.960 bits per heavy atom. The molecule has 3 aromatic rings. The summed E-state index contributed by atoms with van der Waals surface area (Å²) in [7, 11) is 0. The molecule has 0 aliphatic rings. The Kier molecular flexibility index (Phi) is 5.00. The SMILES string of the molecule is Cc1ccc(OC(=O)Nc2ccccc2Cc2ccc(O)cc2)cc1. The minimum absolute atomic E-state index is 0.233. The lowest BCUT2D eigenvalue weighted by molar-refractivity contribution is 0.215. The van der Waals surface area contributed by atoms with Crippen molar-refractivity contribution in [3.05, 3.63) is 89.5 Å². The number of rotatable bonds is 4. The highest BCUT2D eigenvalue weighted by Crippen LogP contribution is 2.21. The van der Waals surface area contributed by atoms with E-state index < -0.39 is 6.09 Å². The standard InChI is InChI=1S/C21H19NO3/c1-15-6-12-19(13-7-15)25-21(24)22-20-5-3-2-4-17(20)14-16-8-10-18(23)11-9-16/h2-13,23H,14H2,1H3,(H,22,24). The molecule has 1 amide bonds. The van der Waals surface area contributed by atoms with E-state index in [2.05, 4.69) is 5.32 Å². The van der Waals surface area contributed by atoms with Gasteiger partial charge < -0.3 is 9.84 Å². The Morgan fingerprint density at radius 2 is 1.64 bits per heavy atom. The van der Waals surface area contributed by atoms with Gasteiger partial charge in [0, 0.05) is 5.69 Å². The fraction of sp³-hybridized carbons (Fsp3) is 0.0952. The summed E-state index contributed by atoms with van der Waals surface area (Å²) in [6.45, 7) is 1.98. The van der Waals surface area contributed by atoms with Crippen molar-refractivity contribution < 1.29 is 14.6 Å². The molecule has 0 radical (unpaired) electrons. The van der Waals surface area contributed by atoms with Crippen LogP contribution in [0.2, 0.25) is 0 Å². The van der Waals surface area contributed by atoms with Crippen LogP contribution in [0.5, 0.6) is 11.5 Å². The molecule has 2 N–H and O–H groups in total. The third-order valence-electron chi connectivity index (χ3n) is 3.82. The van der Waals surface area contributed by atoms with E-state index in [4.69, 9.17) is 4.74 Å². The molecule has 0 aliphatic carbocycles. The molecule has 0 aromatic heterocycles. The number of hydrogen-bond donors (Lipinski definition) is 2. The van der Waals surface area contributed by atoms with E-state index in [9.17, 15) is 9.90 Å². The third-order valence-corrected chi connectivity index (χ3v) is 3.82. The van der Waals surface area contributed by atoms with Crippen LogP contribution in [-0.2, 0) is 6.42 Å². The third kappa shape index (κ3) is 4.61. The maximum absolute atomic E-state index is 12.1. The van der Waals surface area contributed by atoms with Crippen LogP contribution in [0, 0.1) is 6.92 Å². The van der Waals surface area contributed by atoms with Gasteiger partial charge in [0.2, 0.25) is 0 Å². The van der Waals surface area contributed by atoms with E-state index in [0.29, 0.717) is 17.9 Å². The summed E-state index contributed by atoms with van der Waals surface area (Å²) in [4.78, 5) is 12.1. The Balaban J connectivity index is 1.70. The number of hydrogen-bond acceptors (Lipinski definition) is 3. The van der Waals surface area contributed by atoms with E-state index >= 15 is 0 Å². The molecule has 0 bridgehead atoms. The van der Waals surface area contributed by atoms with Crippen molar-refractivity contribution in [3.8, 4) is 11.5 Å². The summed E-state index contributed by atoms with van der Waals surface area (Å²) >= 11 is 0. The first-order chi connectivity index (χ1) is 12.1. The monoisotopic (exact) mass is 333 g/mol. The fourth-order valence-electron chi connectivity index (χ4n) is 2.48. The zero-order chi connectivity index (χ0) is 17.6. The van der Waals surface area contributed by atoms with Gasteiger partial charge in [-0.1, -0.05) is 48.0 Å². The molecule has 0 saturated carbocycles. The fourth-order valence-corrected chi connectivity index (χ4v) is 2.48. The van der Waals surface area contributed by atoms with Crippen molar-refractivity contribution in [1.29, 1.82) is 0 Å². The smallest absolute Gasteiger partial charge is 0.417 e. The zero-order valence-electron chi connectivity index (χ0n) is 13.9. The predicted octanol–water partition coefficient (Wildman–Crippen LogP) is 4.90. The van der Waals surface area contributed by atoms with Gasteiger partial charge in [-0.05, 0) is 54.8 Å². The molecule has 25 heavy (non-hydrogen) atoms. The molecule has 4 nitrogen and oxygen atoms in total. The first-order valence-corrected chi connectivity index (χ1v) is 8.01. The molecule has 0 saturated heterocycles. The normalized spacial score (nSPS) is 10.3.